The molecule has 1 heterocycles. The van der Waals surface area contributed by atoms with Crippen molar-refractivity contribution in [2.75, 3.05) is 0 Å². The predicted molar refractivity (Wildman–Crippen MR) is 30.8 cm³/mol. The molecule has 0 N–H and O–H groups in total. The van der Waals surface area contributed by atoms with Crippen molar-refractivity contribution in [3.63, 3.8) is 0 Å². The van der Waals surface area contributed by atoms with Gasteiger partial charge in [-0.2, -0.15) is 0 Å². The van der Waals surface area contributed by atoms with Crippen LogP contribution in [-0.2, 0) is 0 Å². The summed E-state index contributed by atoms with van der Waals surface area (Å²) in [6, 6.07) is 0. The predicted octanol–water partition coefficient (Wildman–Crippen LogP) is 1.72. The number of hydrogen-bond acceptors (Lipinski definition) is 2. The molecule has 0 unspecified atom stereocenters. The molecule has 0 spiro atoms. The highest BCUT2D eigenvalue weighted by Crippen LogP contribution is 2.10. The Balaban J connectivity index is 3.17. The summed E-state index contributed by atoms with van der Waals surface area (Å²) in [6.07, 6.45) is 1.92. The van der Waals surface area contributed by atoms with E-state index in [1.165, 1.54) is 0 Å². The lowest BCUT2D eigenvalue weighted by Gasteiger charge is -1.88. The maximum atomic E-state index is 12.1. The van der Waals surface area contributed by atoms with Gasteiger partial charge in [-0.1, -0.05) is 11.6 Å². The standard InChI is InChI=1S/C4Cl2FN2/c5-3-2(7)1-8-4(6)9-3. The molecule has 0 bridgehead atoms. The van der Waals surface area contributed by atoms with Gasteiger partial charge in [0.05, 0.1) is 0 Å². The molecular weight excluding hydrogens is 166 g/mol. The minimum absolute atomic E-state index is 0.110. The zero-order valence-corrected chi connectivity index (χ0v) is 5.54. The summed E-state index contributed by atoms with van der Waals surface area (Å²) in [4.78, 5) is 6.50. The molecule has 0 aliphatic carbocycles. The Morgan fingerprint density at radius 1 is 1.44 bits per heavy atom. The minimum atomic E-state index is -0.791. The van der Waals surface area contributed by atoms with E-state index in [1.807, 2.05) is 6.20 Å². The van der Waals surface area contributed by atoms with Crippen molar-refractivity contribution >= 4 is 23.2 Å². The van der Waals surface area contributed by atoms with Gasteiger partial charge in [0.1, 0.15) is 6.20 Å². The molecule has 0 aliphatic rings. The first-order valence-corrected chi connectivity index (χ1v) is 2.72. The molecule has 1 aromatic rings. The fourth-order valence-corrected chi connectivity index (χ4v) is 0.589. The first kappa shape index (κ1) is 6.71. The van der Waals surface area contributed by atoms with Crippen LogP contribution in [0, 0.1) is 12.0 Å². The molecule has 0 atom stereocenters. The number of nitrogens with zero attached hydrogens (tertiary/aromatic N) is 2. The molecule has 0 amide bonds. The third-order valence-corrected chi connectivity index (χ3v) is 1.04. The summed E-state index contributed by atoms with van der Waals surface area (Å²) in [7, 11) is 0. The average molecular weight is 166 g/mol. The molecule has 1 rings (SSSR count). The van der Waals surface area contributed by atoms with Crippen molar-refractivity contribution in [2.45, 2.75) is 0 Å². The van der Waals surface area contributed by atoms with E-state index >= 15 is 0 Å². The third kappa shape index (κ3) is 1.50. The van der Waals surface area contributed by atoms with Crippen molar-refractivity contribution in [3.05, 3.63) is 22.5 Å². The second-order valence-corrected chi connectivity index (χ2v) is 1.91. The van der Waals surface area contributed by atoms with E-state index in [2.05, 4.69) is 9.97 Å². The fourth-order valence-electron chi connectivity index (χ4n) is 0.296. The highest BCUT2D eigenvalue weighted by Gasteiger charge is 2.00. The van der Waals surface area contributed by atoms with Crippen molar-refractivity contribution < 1.29 is 4.39 Å². The Kier molecular flexibility index (Phi) is 1.83. The van der Waals surface area contributed by atoms with Crippen LogP contribution in [0.3, 0.4) is 0 Å². The van der Waals surface area contributed by atoms with Gasteiger partial charge in [0.25, 0.3) is 0 Å². The van der Waals surface area contributed by atoms with E-state index in [1.54, 1.807) is 0 Å². The lowest BCUT2D eigenvalue weighted by molar-refractivity contribution is 0.611. The Morgan fingerprint density at radius 2 is 2.11 bits per heavy atom. The lowest BCUT2D eigenvalue weighted by atomic mass is 10.6. The molecule has 1 aromatic heterocycles. The van der Waals surface area contributed by atoms with Gasteiger partial charge in [-0.25, -0.2) is 14.4 Å². The molecule has 2 nitrogen and oxygen atoms in total. The van der Waals surface area contributed by atoms with Gasteiger partial charge >= 0.3 is 0 Å². The normalized spacial score (nSPS) is 9.67. The molecule has 1 radical (unpaired) electrons. The van der Waals surface area contributed by atoms with Crippen LogP contribution in [0.25, 0.3) is 0 Å². The third-order valence-electron chi connectivity index (χ3n) is 0.618. The van der Waals surface area contributed by atoms with Crippen LogP contribution in [0.1, 0.15) is 0 Å². The van der Waals surface area contributed by atoms with Crippen LogP contribution in [0.5, 0.6) is 0 Å². The number of halogens is 3. The summed E-state index contributed by atoms with van der Waals surface area (Å²) in [6.45, 7) is 0. The zero-order valence-electron chi connectivity index (χ0n) is 4.03. The molecule has 5 heteroatoms. The van der Waals surface area contributed by atoms with Crippen LogP contribution in [0.2, 0.25) is 10.4 Å². The molecule has 0 aliphatic heterocycles. The van der Waals surface area contributed by atoms with E-state index < -0.39 is 5.82 Å². The van der Waals surface area contributed by atoms with Crippen molar-refractivity contribution in [2.24, 2.45) is 0 Å². The summed E-state index contributed by atoms with van der Waals surface area (Å²) in [5.41, 5.74) is 0. The molecular formula is C4Cl2FN2. The average Bonchev–Trinajstić information content (AvgIpc) is 1.80. The number of aromatic nitrogens is 2. The van der Waals surface area contributed by atoms with E-state index in [-0.39, 0.29) is 10.4 Å². The van der Waals surface area contributed by atoms with Gasteiger partial charge in [-0.05, 0) is 11.6 Å². The van der Waals surface area contributed by atoms with E-state index in [0.717, 1.165) is 0 Å². The minimum Gasteiger partial charge on any atom is -0.213 e. The summed E-state index contributed by atoms with van der Waals surface area (Å²) in [5.74, 6) is -0.791. The summed E-state index contributed by atoms with van der Waals surface area (Å²) in [5, 5.41) is -0.420. The Bertz CT molecular complexity index is 228. The highest BCUT2D eigenvalue weighted by molar-refractivity contribution is 6.31. The Morgan fingerprint density at radius 3 is 2.56 bits per heavy atom. The van der Waals surface area contributed by atoms with E-state index in [4.69, 9.17) is 23.2 Å². The Labute approximate surface area is 60.6 Å². The molecule has 0 fully saturated rings. The van der Waals surface area contributed by atoms with Gasteiger partial charge in [0.2, 0.25) is 5.28 Å². The first-order chi connectivity index (χ1) is 4.20. The highest BCUT2D eigenvalue weighted by atomic mass is 35.5. The van der Waals surface area contributed by atoms with Gasteiger partial charge in [-0.3, -0.25) is 0 Å². The molecule has 0 aromatic carbocycles. The smallest absolute Gasteiger partial charge is 0.213 e. The molecule has 47 valence electrons. The number of hydrogen-bond donors (Lipinski definition) is 0. The topological polar surface area (TPSA) is 25.8 Å². The van der Waals surface area contributed by atoms with Crippen molar-refractivity contribution in [3.8, 4) is 0 Å². The maximum absolute atomic E-state index is 12.1. The molecule has 0 saturated carbocycles. The molecule has 0 saturated heterocycles. The van der Waals surface area contributed by atoms with Crippen molar-refractivity contribution in [1.82, 2.24) is 9.97 Å². The van der Waals surface area contributed by atoms with Gasteiger partial charge < -0.3 is 0 Å². The maximum Gasteiger partial charge on any atom is 0.224 e. The van der Waals surface area contributed by atoms with Gasteiger partial charge in [-0.15, -0.1) is 0 Å². The monoisotopic (exact) mass is 165 g/mol. The van der Waals surface area contributed by atoms with Gasteiger partial charge in [0, 0.05) is 0 Å². The fraction of sp³-hybridized carbons (Fsp3) is 0. The van der Waals surface area contributed by atoms with Crippen LogP contribution < -0.4 is 0 Å². The van der Waals surface area contributed by atoms with Crippen LogP contribution in [0.4, 0.5) is 4.39 Å². The number of rotatable bonds is 0. The first-order valence-electron chi connectivity index (χ1n) is 1.96. The summed E-state index contributed by atoms with van der Waals surface area (Å²) < 4.78 is 12.1. The SMILES string of the molecule is Fc1[c]nc(Cl)nc1Cl. The Hall–Kier alpha value is -0.410. The van der Waals surface area contributed by atoms with Crippen molar-refractivity contribution in [1.29, 1.82) is 0 Å². The van der Waals surface area contributed by atoms with Crippen LogP contribution >= 0.6 is 23.2 Å². The summed E-state index contributed by atoms with van der Waals surface area (Å²) >= 11 is 10.4. The zero-order chi connectivity index (χ0) is 6.85. The second-order valence-electron chi connectivity index (χ2n) is 1.21. The lowest BCUT2D eigenvalue weighted by Crippen LogP contribution is -1.86. The van der Waals surface area contributed by atoms with E-state index in [9.17, 15) is 4.39 Å². The quantitative estimate of drug-likeness (QED) is 0.433. The van der Waals surface area contributed by atoms with E-state index in [0.29, 0.717) is 0 Å². The molecule has 9 heavy (non-hydrogen) atoms. The van der Waals surface area contributed by atoms with Crippen LogP contribution in [0.15, 0.2) is 0 Å². The van der Waals surface area contributed by atoms with Crippen LogP contribution in [-0.4, -0.2) is 9.97 Å². The van der Waals surface area contributed by atoms with Gasteiger partial charge in [0.15, 0.2) is 11.0 Å². The second kappa shape index (κ2) is 2.45. The largest absolute Gasteiger partial charge is 0.224 e.